The van der Waals surface area contributed by atoms with E-state index in [0.29, 0.717) is 17.5 Å². The number of carboxylic acid groups (broad SMARTS) is 1. The Kier molecular flexibility index (Phi) is 5.69. The van der Waals surface area contributed by atoms with Crippen molar-refractivity contribution in [2.24, 2.45) is 0 Å². The summed E-state index contributed by atoms with van der Waals surface area (Å²) in [6.07, 6.45) is 3.08. The first-order valence-electron chi connectivity index (χ1n) is 6.69. The van der Waals surface area contributed by atoms with E-state index in [4.69, 9.17) is 5.11 Å². The van der Waals surface area contributed by atoms with Gasteiger partial charge in [0.2, 0.25) is 10.0 Å². The van der Waals surface area contributed by atoms with E-state index in [1.165, 1.54) is 16.4 Å². The monoisotopic (exact) mass is 311 g/mol. The number of hydrogen-bond donors (Lipinski definition) is 1. The van der Waals surface area contributed by atoms with E-state index in [1.54, 1.807) is 26.1 Å². The van der Waals surface area contributed by atoms with Gasteiger partial charge in [0.25, 0.3) is 0 Å². The summed E-state index contributed by atoms with van der Waals surface area (Å²) in [6, 6.07) is 4.77. The van der Waals surface area contributed by atoms with Crippen LogP contribution in [0.5, 0.6) is 0 Å². The van der Waals surface area contributed by atoms with Crippen LogP contribution >= 0.6 is 0 Å². The molecule has 1 unspecified atom stereocenters. The van der Waals surface area contributed by atoms with Gasteiger partial charge in [0.1, 0.15) is 0 Å². The zero-order valence-electron chi connectivity index (χ0n) is 12.7. The summed E-state index contributed by atoms with van der Waals surface area (Å²) < 4.78 is 26.6. The Hall–Kier alpha value is -1.66. The fourth-order valence-corrected chi connectivity index (χ4v) is 3.51. The van der Waals surface area contributed by atoms with Crippen molar-refractivity contribution >= 4 is 22.1 Å². The lowest BCUT2D eigenvalue weighted by molar-refractivity contribution is -0.131. The van der Waals surface area contributed by atoms with Crippen LogP contribution in [0.1, 0.15) is 31.4 Å². The summed E-state index contributed by atoms with van der Waals surface area (Å²) in [4.78, 5) is 10.8. The van der Waals surface area contributed by atoms with Gasteiger partial charge >= 0.3 is 5.97 Å². The highest BCUT2D eigenvalue weighted by Crippen LogP contribution is 2.23. The minimum atomic E-state index is -3.59. The molecule has 0 bridgehead atoms. The van der Waals surface area contributed by atoms with Gasteiger partial charge in [0.05, 0.1) is 4.90 Å². The van der Waals surface area contributed by atoms with Crippen molar-refractivity contribution in [1.82, 2.24) is 4.31 Å². The van der Waals surface area contributed by atoms with Gasteiger partial charge in [-0.05, 0) is 43.5 Å². The van der Waals surface area contributed by atoms with Crippen LogP contribution in [0.15, 0.2) is 29.2 Å². The maximum Gasteiger partial charge on any atom is 0.328 e. The summed E-state index contributed by atoms with van der Waals surface area (Å²) in [5.74, 6) is -1.07. The molecule has 1 aromatic rings. The van der Waals surface area contributed by atoms with Crippen LogP contribution in [-0.2, 0) is 14.8 Å². The molecule has 0 radical (unpaired) electrons. The first kappa shape index (κ1) is 17.4. The number of nitrogens with zero attached hydrogens (tertiary/aromatic N) is 1. The SMILES string of the molecule is CCC(C)N(C)S(=O)(=O)c1cc(C=CC(=O)O)ccc1C. The van der Waals surface area contributed by atoms with Gasteiger partial charge in [-0.1, -0.05) is 19.1 Å². The molecule has 1 rings (SSSR count). The number of rotatable bonds is 6. The average Bonchev–Trinajstić information content (AvgIpc) is 2.44. The van der Waals surface area contributed by atoms with E-state index < -0.39 is 16.0 Å². The van der Waals surface area contributed by atoms with E-state index in [-0.39, 0.29) is 10.9 Å². The Labute approximate surface area is 126 Å². The summed E-state index contributed by atoms with van der Waals surface area (Å²) in [5, 5.41) is 8.64. The van der Waals surface area contributed by atoms with Crippen LogP contribution in [0.3, 0.4) is 0 Å². The van der Waals surface area contributed by atoms with Gasteiger partial charge in [-0.3, -0.25) is 0 Å². The average molecular weight is 311 g/mol. The van der Waals surface area contributed by atoms with Gasteiger partial charge in [-0.25, -0.2) is 13.2 Å². The van der Waals surface area contributed by atoms with Crippen LogP contribution in [0, 0.1) is 6.92 Å². The molecule has 0 spiro atoms. The molecule has 0 aliphatic heterocycles. The van der Waals surface area contributed by atoms with E-state index in [9.17, 15) is 13.2 Å². The molecule has 1 atom stereocenters. The van der Waals surface area contributed by atoms with Gasteiger partial charge in [0.15, 0.2) is 0 Å². The normalized spacial score (nSPS) is 13.8. The molecule has 0 aliphatic rings. The molecule has 0 amide bonds. The number of carbonyl (C=O) groups is 1. The lowest BCUT2D eigenvalue weighted by atomic mass is 10.1. The molecule has 116 valence electrons. The summed E-state index contributed by atoms with van der Waals surface area (Å²) >= 11 is 0. The van der Waals surface area contributed by atoms with Crippen molar-refractivity contribution in [1.29, 1.82) is 0 Å². The fraction of sp³-hybridized carbons (Fsp3) is 0.400. The maximum absolute atomic E-state index is 12.6. The minimum Gasteiger partial charge on any atom is -0.478 e. The Morgan fingerprint density at radius 2 is 2.05 bits per heavy atom. The Morgan fingerprint density at radius 1 is 1.43 bits per heavy atom. The molecule has 0 saturated carbocycles. The smallest absolute Gasteiger partial charge is 0.328 e. The van der Waals surface area contributed by atoms with E-state index in [0.717, 1.165) is 6.08 Å². The third-order valence-corrected chi connectivity index (χ3v) is 5.61. The van der Waals surface area contributed by atoms with Crippen LogP contribution in [0.4, 0.5) is 0 Å². The lowest BCUT2D eigenvalue weighted by Gasteiger charge is -2.24. The quantitative estimate of drug-likeness (QED) is 0.819. The molecule has 0 aliphatic carbocycles. The highest BCUT2D eigenvalue weighted by Gasteiger charge is 2.26. The minimum absolute atomic E-state index is 0.104. The summed E-state index contributed by atoms with van der Waals surface area (Å²) in [7, 11) is -2.03. The van der Waals surface area contributed by atoms with Crippen molar-refractivity contribution in [3.63, 3.8) is 0 Å². The number of carboxylic acids is 1. The summed E-state index contributed by atoms with van der Waals surface area (Å²) in [6.45, 7) is 5.50. The molecule has 1 N–H and O–H groups in total. The first-order chi connectivity index (χ1) is 9.70. The Morgan fingerprint density at radius 3 is 2.57 bits per heavy atom. The van der Waals surface area contributed by atoms with E-state index >= 15 is 0 Å². The molecule has 0 aromatic heterocycles. The zero-order valence-corrected chi connectivity index (χ0v) is 13.5. The van der Waals surface area contributed by atoms with Crippen LogP contribution in [0.2, 0.25) is 0 Å². The second-order valence-electron chi connectivity index (χ2n) is 4.98. The van der Waals surface area contributed by atoms with Crippen molar-refractivity contribution in [3.8, 4) is 0 Å². The molecule has 0 heterocycles. The standard InChI is InChI=1S/C15H21NO4S/c1-5-12(3)16(4)21(19,20)14-10-13(7-6-11(14)2)8-9-15(17)18/h6-10,12H,5H2,1-4H3,(H,17,18). The zero-order chi connectivity index (χ0) is 16.2. The number of benzene rings is 1. The fourth-order valence-electron chi connectivity index (χ4n) is 1.81. The molecule has 0 saturated heterocycles. The predicted molar refractivity (Wildman–Crippen MR) is 82.6 cm³/mol. The van der Waals surface area contributed by atoms with Gasteiger partial charge in [-0.2, -0.15) is 4.31 Å². The molecular formula is C15H21NO4S. The Bertz CT molecular complexity index is 650. The predicted octanol–water partition coefficient (Wildman–Crippen LogP) is 2.51. The molecule has 0 fully saturated rings. The third kappa shape index (κ3) is 4.15. The van der Waals surface area contributed by atoms with E-state index in [2.05, 4.69) is 0 Å². The van der Waals surface area contributed by atoms with Gasteiger partial charge in [0, 0.05) is 19.2 Å². The second kappa shape index (κ2) is 6.87. The topological polar surface area (TPSA) is 74.7 Å². The highest BCUT2D eigenvalue weighted by molar-refractivity contribution is 7.89. The number of aryl methyl sites for hydroxylation is 1. The summed E-state index contributed by atoms with van der Waals surface area (Å²) in [5.41, 5.74) is 1.18. The molecule has 21 heavy (non-hydrogen) atoms. The molecular weight excluding hydrogens is 290 g/mol. The van der Waals surface area contributed by atoms with Crippen LogP contribution in [0.25, 0.3) is 6.08 Å². The highest BCUT2D eigenvalue weighted by atomic mass is 32.2. The van der Waals surface area contributed by atoms with Gasteiger partial charge in [-0.15, -0.1) is 0 Å². The number of hydrogen-bond acceptors (Lipinski definition) is 3. The van der Waals surface area contributed by atoms with Crippen molar-refractivity contribution < 1.29 is 18.3 Å². The first-order valence-corrected chi connectivity index (χ1v) is 8.13. The maximum atomic E-state index is 12.6. The van der Waals surface area contributed by atoms with Gasteiger partial charge < -0.3 is 5.11 Å². The number of sulfonamides is 1. The van der Waals surface area contributed by atoms with E-state index in [1.807, 2.05) is 13.8 Å². The van der Waals surface area contributed by atoms with Crippen LogP contribution < -0.4 is 0 Å². The molecule has 5 nitrogen and oxygen atoms in total. The van der Waals surface area contributed by atoms with Crippen molar-refractivity contribution in [3.05, 3.63) is 35.4 Å². The Balaban J connectivity index is 3.29. The second-order valence-corrected chi connectivity index (χ2v) is 6.94. The lowest BCUT2D eigenvalue weighted by Crippen LogP contribution is -2.35. The third-order valence-electron chi connectivity index (χ3n) is 3.50. The number of aliphatic carboxylic acids is 1. The van der Waals surface area contributed by atoms with Crippen molar-refractivity contribution in [2.45, 2.75) is 38.1 Å². The molecule has 6 heteroatoms. The molecule has 1 aromatic carbocycles. The van der Waals surface area contributed by atoms with Crippen LogP contribution in [-0.4, -0.2) is 36.9 Å². The largest absolute Gasteiger partial charge is 0.478 e. The van der Waals surface area contributed by atoms with Crippen molar-refractivity contribution in [2.75, 3.05) is 7.05 Å².